The number of ether oxygens (including phenoxy) is 5. The molecule has 0 rings (SSSR count). The Bertz CT molecular complexity index is 270. The van der Waals surface area contributed by atoms with E-state index >= 15 is 0 Å². The number of carbonyl (C=O) groups is 1. The maximum absolute atomic E-state index is 11.4. The molecular formula is C17H32O6. The van der Waals surface area contributed by atoms with Crippen molar-refractivity contribution >= 4 is 5.97 Å². The largest absolute Gasteiger partial charge is 0.499 e. The Hall–Kier alpha value is -1.11. The number of rotatable bonds is 18. The molecule has 0 saturated heterocycles. The molecule has 0 aliphatic rings. The van der Waals surface area contributed by atoms with Crippen LogP contribution in [0.15, 0.2) is 12.8 Å². The Morgan fingerprint density at radius 2 is 1.39 bits per heavy atom. The fourth-order valence-electron chi connectivity index (χ4n) is 1.71. The van der Waals surface area contributed by atoms with Crippen LogP contribution in [0.4, 0.5) is 0 Å². The van der Waals surface area contributed by atoms with Crippen LogP contribution in [0.2, 0.25) is 0 Å². The Morgan fingerprint density at radius 1 is 0.826 bits per heavy atom. The van der Waals surface area contributed by atoms with Crippen LogP contribution in [0, 0.1) is 0 Å². The van der Waals surface area contributed by atoms with Crippen molar-refractivity contribution in [3.05, 3.63) is 12.8 Å². The van der Waals surface area contributed by atoms with E-state index < -0.39 is 0 Å². The van der Waals surface area contributed by atoms with Crippen molar-refractivity contribution in [2.75, 3.05) is 52.9 Å². The van der Waals surface area contributed by atoms with Gasteiger partial charge in [0.1, 0.15) is 13.2 Å². The van der Waals surface area contributed by atoms with Gasteiger partial charge in [-0.05, 0) is 6.42 Å². The van der Waals surface area contributed by atoms with Gasteiger partial charge in [0, 0.05) is 6.42 Å². The first kappa shape index (κ1) is 21.9. The molecule has 136 valence electrons. The van der Waals surface area contributed by atoms with Crippen LogP contribution in [0.3, 0.4) is 0 Å². The molecule has 0 N–H and O–H groups in total. The number of hydrogen-bond acceptors (Lipinski definition) is 6. The minimum Gasteiger partial charge on any atom is -0.499 e. The van der Waals surface area contributed by atoms with Crippen molar-refractivity contribution < 1.29 is 28.5 Å². The van der Waals surface area contributed by atoms with Gasteiger partial charge in [-0.15, -0.1) is 0 Å². The van der Waals surface area contributed by atoms with Crippen molar-refractivity contribution in [3.8, 4) is 0 Å². The fourth-order valence-corrected chi connectivity index (χ4v) is 1.71. The van der Waals surface area contributed by atoms with E-state index in [1.807, 2.05) is 0 Å². The van der Waals surface area contributed by atoms with Crippen molar-refractivity contribution in [2.24, 2.45) is 0 Å². The maximum Gasteiger partial charge on any atom is 0.305 e. The topological polar surface area (TPSA) is 63.2 Å². The first-order valence-electron chi connectivity index (χ1n) is 8.42. The molecule has 0 unspecified atom stereocenters. The van der Waals surface area contributed by atoms with Gasteiger partial charge in [-0.25, -0.2) is 0 Å². The fraction of sp³-hybridized carbons (Fsp3) is 0.824. The molecule has 0 radical (unpaired) electrons. The number of carbonyl (C=O) groups excluding carboxylic acids is 1. The lowest BCUT2D eigenvalue weighted by molar-refractivity contribution is -0.145. The lowest BCUT2D eigenvalue weighted by Gasteiger charge is -2.07. The summed E-state index contributed by atoms with van der Waals surface area (Å²) in [5.74, 6) is -0.140. The molecular weight excluding hydrogens is 300 g/mol. The molecule has 6 heteroatoms. The van der Waals surface area contributed by atoms with Gasteiger partial charge in [0.15, 0.2) is 0 Å². The summed E-state index contributed by atoms with van der Waals surface area (Å²) in [5, 5.41) is 0. The van der Waals surface area contributed by atoms with Crippen LogP contribution >= 0.6 is 0 Å². The second-order valence-electron chi connectivity index (χ2n) is 4.91. The first-order chi connectivity index (χ1) is 11.3. The van der Waals surface area contributed by atoms with E-state index in [-0.39, 0.29) is 5.97 Å². The van der Waals surface area contributed by atoms with Gasteiger partial charge in [-0.3, -0.25) is 4.79 Å². The van der Waals surface area contributed by atoms with Crippen LogP contribution in [-0.2, 0) is 28.5 Å². The van der Waals surface area contributed by atoms with E-state index in [0.717, 1.165) is 12.8 Å². The maximum atomic E-state index is 11.4. The molecule has 0 bridgehead atoms. The van der Waals surface area contributed by atoms with Crippen molar-refractivity contribution in [2.45, 2.75) is 39.0 Å². The Morgan fingerprint density at radius 3 is 1.96 bits per heavy atom. The van der Waals surface area contributed by atoms with E-state index in [1.165, 1.54) is 19.1 Å². The number of unbranched alkanes of at least 4 members (excludes halogenated alkanes) is 3. The molecule has 6 nitrogen and oxygen atoms in total. The molecule has 23 heavy (non-hydrogen) atoms. The van der Waals surface area contributed by atoms with Gasteiger partial charge in [0.25, 0.3) is 0 Å². The predicted octanol–water partition coefficient (Wildman–Crippen LogP) is 2.71. The molecule has 0 atom stereocenters. The van der Waals surface area contributed by atoms with Crippen LogP contribution in [-0.4, -0.2) is 58.8 Å². The molecule has 0 fully saturated rings. The normalized spacial score (nSPS) is 10.5. The van der Waals surface area contributed by atoms with E-state index in [4.69, 9.17) is 23.7 Å². The van der Waals surface area contributed by atoms with Gasteiger partial charge in [-0.1, -0.05) is 32.8 Å². The van der Waals surface area contributed by atoms with E-state index in [1.54, 1.807) is 0 Å². The highest BCUT2D eigenvalue weighted by Crippen LogP contribution is 2.03. The third-order valence-corrected chi connectivity index (χ3v) is 2.93. The highest BCUT2D eigenvalue weighted by atomic mass is 16.6. The summed E-state index contributed by atoms with van der Waals surface area (Å²) >= 11 is 0. The smallest absolute Gasteiger partial charge is 0.305 e. The zero-order valence-electron chi connectivity index (χ0n) is 14.4. The second-order valence-corrected chi connectivity index (χ2v) is 4.91. The van der Waals surface area contributed by atoms with Gasteiger partial charge < -0.3 is 23.7 Å². The monoisotopic (exact) mass is 332 g/mol. The molecule has 0 aromatic rings. The minimum absolute atomic E-state index is 0.140. The van der Waals surface area contributed by atoms with Crippen molar-refractivity contribution in [1.82, 2.24) is 0 Å². The molecule has 0 aliphatic heterocycles. The van der Waals surface area contributed by atoms with Gasteiger partial charge >= 0.3 is 5.97 Å². The standard InChI is InChI=1S/C17H32O6/c1-3-5-6-7-8-17(18)23-16-15-22-14-13-21-12-11-20-10-9-19-4-2/h4H,2-3,5-16H2,1H3. The molecule has 0 amide bonds. The third-order valence-electron chi connectivity index (χ3n) is 2.93. The average Bonchev–Trinajstić information content (AvgIpc) is 2.56. The van der Waals surface area contributed by atoms with E-state index in [9.17, 15) is 4.79 Å². The lowest BCUT2D eigenvalue weighted by atomic mass is 10.2. The SMILES string of the molecule is C=COCCOCCOCCOCCOC(=O)CCCCCC. The molecule has 0 aromatic carbocycles. The third kappa shape index (κ3) is 18.8. The van der Waals surface area contributed by atoms with Crippen LogP contribution in [0.1, 0.15) is 39.0 Å². The quantitative estimate of drug-likeness (QED) is 0.218. The average molecular weight is 332 g/mol. The van der Waals surface area contributed by atoms with Crippen LogP contribution in [0.25, 0.3) is 0 Å². The van der Waals surface area contributed by atoms with Crippen LogP contribution < -0.4 is 0 Å². The Kier molecular flexibility index (Phi) is 18.0. The number of hydrogen-bond donors (Lipinski definition) is 0. The lowest BCUT2D eigenvalue weighted by Crippen LogP contribution is -2.14. The molecule has 0 aromatic heterocycles. The molecule has 0 spiro atoms. The summed E-state index contributed by atoms with van der Waals surface area (Å²) < 4.78 is 25.9. The van der Waals surface area contributed by atoms with Crippen LogP contribution in [0.5, 0.6) is 0 Å². The zero-order chi connectivity index (χ0) is 17.0. The highest BCUT2D eigenvalue weighted by molar-refractivity contribution is 5.69. The van der Waals surface area contributed by atoms with Gasteiger partial charge in [-0.2, -0.15) is 0 Å². The van der Waals surface area contributed by atoms with E-state index in [0.29, 0.717) is 59.3 Å². The van der Waals surface area contributed by atoms with Crippen molar-refractivity contribution in [3.63, 3.8) is 0 Å². The zero-order valence-corrected chi connectivity index (χ0v) is 14.4. The Labute approximate surface area is 140 Å². The van der Waals surface area contributed by atoms with Gasteiger partial charge in [0.2, 0.25) is 0 Å². The summed E-state index contributed by atoms with van der Waals surface area (Å²) in [6.45, 7) is 9.33. The second kappa shape index (κ2) is 18.9. The van der Waals surface area contributed by atoms with E-state index in [2.05, 4.69) is 13.5 Å². The number of esters is 1. The predicted molar refractivity (Wildman–Crippen MR) is 88.3 cm³/mol. The minimum atomic E-state index is -0.140. The first-order valence-corrected chi connectivity index (χ1v) is 8.42. The van der Waals surface area contributed by atoms with Gasteiger partial charge in [0.05, 0.1) is 45.9 Å². The summed E-state index contributed by atoms with van der Waals surface area (Å²) in [5.41, 5.74) is 0. The molecule has 0 saturated carbocycles. The van der Waals surface area contributed by atoms with Crippen molar-refractivity contribution in [1.29, 1.82) is 0 Å². The highest BCUT2D eigenvalue weighted by Gasteiger charge is 2.02. The summed E-state index contributed by atoms with van der Waals surface area (Å²) in [4.78, 5) is 11.4. The summed E-state index contributed by atoms with van der Waals surface area (Å²) in [6.07, 6.45) is 6.22. The summed E-state index contributed by atoms with van der Waals surface area (Å²) in [6, 6.07) is 0. The summed E-state index contributed by atoms with van der Waals surface area (Å²) in [7, 11) is 0. The molecule has 0 aliphatic carbocycles. The molecule has 0 heterocycles. The Balaban J connectivity index is 3.09.